The summed E-state index contributed by atoms with van der Waals surface area (Å²) in [6, 6.07) is 8.03. The van der Waals surface area contributed by atoms with Gasteiger partial charge in [-0.25, -0.2) is 13.0 Å². The van der Waals surface area contributed by atoms with Gasteiger partial charge < -0.3 is 19.1 Å². The standard InChI is InChI=1S/C18H20N4O6S/c1-25-12-3-5-15(26-2)13(11-12)21-29(23,24)16-6-4-14(17-18(16)20-28-19-17)22-7-9-27-10-8-22/h3-6,11,21H,7-10H2,1-2H3. The molecular weight excluding hydrogens is 400 g/mol. The molecule has 0 aliphatic carbocycles. The number of ether oxygens (including phenoxy) is 3. The number of rotatable bonds is 6. The minimum Gasteiger partial charge on any atom is -0.497 e. The molecule has 1 saturated heterocycles. The second kappa shape index (κ2) is 7.76. The first kappa shape index (κ1) is 19.3. The van der Waals surface area contributed by atoms with Crippen molar-refractivity contribution >= 4 is 32.4 Å². The lowest BCUT2D eigenvalue weighted by atomic mass is 10.2. The molecule has 1 aromatic heterocycles. The Morgan fingerprint density at radius 1 is 1.03 bits per heavy atom. The fraction of sp³-hybridized carbons (Fsp3) is 0.333. The van der Waals surface area contributed by atoms with Gasteiger partial charge in [-0.3, -0.25) is 4.72 Å². The van der Waals surface area contributed by atoms with Crippen LogP contribution in [0.4, 0.5) is 11.4 Å². The van der Waals surface area contributed by atoms with Crippen molar-refractivity contribution in [2.24, 2.45) is 0 Å². The van der Waals surface area contributed by atoms with Crippen LogP contribution in [0.5, 0.6) is 11.5 Å². The molecule has 2 aromatic carbocycles. The van der Waals surface area contributed by atoms with Crippen molar-refractivity contribution in [2.45, 2.75) is 4.90 Å². The zero-order valence-electron chi connectivity index (χ0n) is 15.9. The lowest BCUT2D eigenvalue weighted by Crippen LogP contribution is -2.36. The molecular formula is C18H20N4O6S. The van der Waals surface area contributed by atoms with Crippen LogP contribution in [0.2, 0.25) is 0 Å². The number of anilines is 2. The molecule has 1 N–H and O–H groups in total. The number of morpholine rings is 1. The zero-order valence-corrected chi connectivity index (χ0v) is 16.7. The Hall–Kier alpha value is -3.05. The third kappa shape index (κ3) is 3.66. The van der Waals surface area contributed by atoms with Crippen LogP contribution in [0.15, 0.2) is 39.9 Å². The van der Waals surface area contributed by atoms with E-state index in [4.69, 9.17) is 18.8 Å². The molecule has 29 heavy (non-hydrogen) atoms. The number of fused-ring (bicyclic) bond motifs is 1. The van der Waals surface area contributed by atoms with Crippen molar-refractivity contribution in [1.82, 2.24) is 10.3 Å². The SMILES string of the molecule is COc1ccc(OC)c(NS(=O)(=O)c2ccc(N3CCOCC3)c3nonc23)c1. The first-order valence-corrected chi connectivity index (χ1v) is 10.3. The van der Waals surface area contributed by atoms with Crippen molar-refractivity contribution < 1.29 is 27.3 Å². The Balaban J connectivity index is 1.74. The van der Waals surface area contributed by atoms with E-state index in [1.54, 1.807) is 18.2 Å². The zero-order chi connectivity index (χ0) is 20.4. The molecule has 154 valence electrons. The fourth-order valence-electron chi connectivity index (χ4n) is 3.20. The smallest absolute Gasteiger partial charge is 0.264 e. The molecule has 2 heterocycles. The Morgan fingerprint density at radius 2 is 1.79 bits per heavy atom. The molecule has 0 unspecified atom stereocenters. The van der Waals surface area contributed by atoms with E-state index in [0.29, 0.717) is 43.3 Å². The molecule has 0 spiro atoms. The van der Waals surface area contributed by atoms with E-state index in [9.17, 15) is 8.42 Å². The lowest BCUT2D eigenvalue weighted by molar-refractivity contribution is 0.123. The van der Waals surface area contributed by atoms with Crippen LogP contribution in [0.1, 0.15) is 0 Å². The molecule has 0 bridgehead atoms. The van der Waals surface area contributed by atoms with Crippen molar-refractivity contribution in [3.63, 3.8) is 0 Å². The summed E-state index contributed by atoms with van der Waals surface area (Å²) in [6.07, 6.45) is 0. The van der Waals surface area contributed by atoms with Crippen LogP contribution in [-0.4, -0.2) is 59.3 Å². The normalized spacial score (nSPS) is 14.8. The van der Waals surface area contributed by atoms with E-state index >= 15 is 0 Å². The van der Waals surface area contributed by atoms with Gasteiger partial charge >= 0.3 is 0 Å². The summed E-state index contributed by atoms with van der Waals surface area (Å²) in [4.78, 5) is 2.01. The van der Waals surface area contributed by atoms with Crippen LogP contribution < -0.4 is 19.1 Å². The van der Waals surface area contributed by atoms with Crippen molar-refractivity contribution in [1.29, 1.82) is 0 Å². The highest BCUT2D eigenvalue weighted by molar-refractivity contribution is 7.93. The third-order valence-corrected chi connectivity index (χ3v) is 6.05. The number of hydrogen-bond acceptors (Lipinski definition) is 9. The van der Waals surface area contributed by atoms with Gasteiger partial charge in [0.05, 0.1) is 38.8 Å². The first-order chi connectivity index (χ1) is 14.0. The van der Waals surface area contributed by atoms with Crippen molar-refractivity contribution in [2.75, 3.05) is 50.1 Å². The highest BCUT2D eigenvalue weighted by Crippen LogP contribution is 2.34. The fourth-order valence-corrected chi connectivity index (χ4v) is 4.40. The highest BCUT2D eigenvalue weighted by atomic mass is 32.2. The van der Waals surface area contributed by atoms with Gasteiger partial charge in [0.2, 0.25) is 0 Å². The predicted octanol–water partition coefficient (Wildman–Crippen LogP) is 1.88. The minimum atomic E-state index is -4.01. The molecule has 1 fully saturated rings. The van der Waals surface area contributed by atoms with E-state index in [0.717, 1.165) is 5.69 Å². The van der Waals surface area contributed by atoms with Crippen LogP contribution in [0.25, 0.3) is 11.0 Å². The van der Waals surface area contributed by atoms with Gasteiger partial charge in [0.25, 0.3) is 10.0 Å². The van der Waals surface area contributed by atoms with Crippen LogP contribution in [0.3, 0.4) is 0 Å². The average Bonchev–Trinajstić information content (AvgIpc) is 3.23. The molecule has 0 radical (unpaired) electrons. The Labute approximate surface area is 167 Å². The van der Waals surface area contributed by atoms with E-state index in [1.165, 1.54) is 26.4 Å². The van der Waals surface area contributed by atoms with E-state index in [1.807, 2.05) is 0 Å². The van der Waals surface area contributed by atoms with Gasteiger partial charge in [0, 0.05) is 19.2 Å². The average molecular weight is 420 g/mol. The number of benzene rings is 2. The number of nitrogens with one attached hydrogen (secondary N) is 1. The maximum atomic E-state index is 13.1. The van der Waals surface area contributed by atoms with Gasteiger partial charge in [-0.05, 0) is 34.6 Å². The van der Waals surface area contributed by atoms with E-state index < -0.39 is 10.0 Å². The second-order valence-corrected chi connectivity index (χ2v) is 7.97. The first-order valence-electron chi connectivity index (χ1n) is 8.86. The van der Waals surface area contributed by atoms with Gasteiger partial charge in [-0.1, -0.05) is 0 Å². The van der Waals surface area contributed by atoms with Gasteiger partial charge in [0.15, 0.2) is 11.0 Å². The Kier molecular flexibility index (Phi) is 5.16. The second-order valence-electron chi connectivity index (χ2n) is 6.32. The molecule has 1 aliphatic heterocycles. The molecule has 0 atom stereocenters. The van der Waals surface area contributed by atoms with Gasteiger partial charge in [0.1, 0.15) is 16.4 Å². The van der Waals surface area contributed by atoms with Gasteiger partial charge in [-0.15, -0.1) is 0 Å². The number of aromatic nitrogens is 2. The summed E-state index contributed by atoms with van der Waals surface area (Å²) < 4.78 is 49.4. The highest BCUT2D eigenvalue weighted by Gasteiger charge is 2.26. The lowest BCUT2D eigenvalue weighted by Gasteiger charge is -2.28. The summed E-state index contributed by atoms with van der Waals surface area (Å²) in [5.74, 6) is 0.841. The number of methoxy groups -OCH3 is 2. The molecule has 0 saturated carbocycles. The van der Waals surface area contributed by atoms with Gasteiger partial charge in [-0.2, -0.15) is 0 Å². The predicted molar refractivity (Wildman–Crippen MR) is 105 cm³/mol. The monoisotopic (exact) mass is 420 g/mol. The van der Waals surface area contributed by atoms with Crippen molar-refractivity contribution in [3.05, 3.63) is 30.3 Å². The number of sulfonamides is 1. The van der Waals surface area contributed by atoms with E-state index in [2.05, 4.69) is 19.9 Å². The summed E-state index contributed by atoms with van der Waals surface area (Å²) in [7, 11) is -1.06. The van der Waals surface area contributed by atoms with Crippen LogP contribution in [0, 0.1) is 0 Å². The summed E-state index contributed by atoms with van der Waals surface area (Å²) in [5.41, 5.74) is 1.53. The molecule has 11 heteroatoms. The van der Waals surface area contributed by atoms with Crippen molar-refractivity contribution in [3.8, 4) is 11.5 Å². The summed E-state index contributed by atoms with van der Waals surface area (Å²) >= 11 is 0. The Morgan fingerprint density at radius 3 is 2.52 bits per heavy atom. The van der Waals surface area contributed by atoms with E-state index in [-0.39, 0.29) is 16.1 Å². The minimum absolute atomic E-state index is 0.0457. The topological polar surface area (TPSA) is 116 Å². The largest absolute Gasteiger partial charge is 0.497 e. The van der Waals surface area contributed by atoms with Crippen LogP contribution >= 0.6 is 0 Å². The summed E-state index contributed by atoms with van der Waals surface area (Å²) in [6.45, 7) is 2.52. The molecule has 1 aliphatic rings. The maximum Gasteiger partial charge on any atom is 0.264 e. The third-order valence-electron chi connectivity index (χ3n) is 4.65. The molecule has 0 amide bonds. The molecule has 4 rings (SSSR count). The quantitative estimate of drug-likeness (QED) is 0.638. The number of hydrogen-bond donors (Lipinski definition) is 1. The van der Waals surface area contributed by atoms with Crippen LogP contribution in [-0.2, 0) is 14.8 Å². The molecule has 3 aromatic rings. The maximum absolute atomic E-state index is 13.1. The molecule has 10 nitrogen and oxygen atoms in total. The Bertz CT molecular complexity index is 1120. The summed E-state index contributed by atoms with van der Waals surface area (Å²) in [5, 5.41) is 7.77. The number of nitrogens with zero attached hydrogens (tertiary/aromatic N) is 3.